The molecule has 1 N–H and O–H groups in total. The average Bonchev–Trinajstić information content (AvgIpc) is 2.89. The summed E-state index contributed by atoms with van der Waals surface area (Å²) >= 11 is 1.52. The Labute approximate surface area is 119 Å². The van der Waals surface area contributed by atoms with Crippen LogP contribution < -0.4 is 5.32 Å². The lowest BCUT2D eigenvalue weighted by molar-refractivity contribution is 0.219. The van der Waals surface area contributed by atoms with E-state index in [9.17, 15) is 0 Å². The van der Waals surface area contributed by atoms with Gasteiger partial charge in [0.25, 0.3) is 0 Å². The Hall–Kier alpha value is -0.940. The lowest BCUT2D eigenvalue weighted by atomic mass is 9.98. The van der Waals surface area contributed by atoms with Crippen molar-refractivity contribution in [3.8, 4) is 0 Å². The Morgan fingerprint density at radius 1 is 1.42 bits per heavy atom. The summed E-state index contributed by atoms with van der Waals surface area (Å²) in [6.45, 7) is 6.21. The molecule has 0 aromatic carbocycles. The van der Waals surface area contributed by atoms with Crippen molar-refractivity contribution < 1.29 is 4.74 Å². The van der Waals surface area contributed by atoms with Gasteiger partial charge in [-0.2, -0.15) is 0 Å². The van der Waals surface area contributed by atoms with Gasteiger partial charge in [-0.15, -0.1) is 5.10 Å². The molecule has 2 rings (SSSR count). The summed E-state index contributed by atoms with van der Waals surface area (Å²) in [4.78, 5) is 1.27. The SMILES string of the molecule is CCCNC(C1=COCCC1)c1snnc1CCC. The van der Waals surface area contributed by atoms with Crippen LogP contribution in [0.25, 0.3) is 0 Å². The molecule has 0 bridgehead atoms. The molecule has 0 amide bonds. The third-order valence-electron chi connectivity index (χ3n) is 3.27. The zero-order valence-electron chi connectivity index (χ0n) is 11.8. The standard InChI is InChI=1S/C14H23N3OS/c1-3-6-12-14(19-17-16-12)13(15-8-4-2)11-7-5-9-18-10-11/h10,13,15H,3-9H2,1-2H3. The van der Waals surface area contributed by atoms with E-state index in [0.29, 0.717) is 0 Å². The maximum absolute atomic E-state index is 5.50. The smallest absolute Gasteiger partial charge is 0.0876 e. The number of ether oxygens (including phenoxy) is 1. The molecule has 106 valence electrons. The lowest BCUT2D eigenvalue weighted by Gasteiger charge is -2.23. The van der Waals surface area contributed by atoms with Crippen LogP contribution in [0.4, 0.5) is 0 Å². The van der Waals surface area contributed by atoms with Gasteiger partial charge in [0.1, 0.15) is 0 Å². The fraction of sp³-hybridized carbons (Fsp3) is 0.714. The van der Waals surface area contributed by atoms with Crippen molar-refractivity contribution in [1.82, 2.24) is 14.9 Å². The van der Waals surface area contributed by atoms with Crippen LogP contribution in [0.2, 0.25) is 0 Å². The van der Waals surface area contributed by atoms with Crippen LogP contribution in [-0.2, 0) is 11.2 Å². The predicted molar refractivity (Wildman–Crippen MR) is 78.2 cm³/mol. The highest BCUT2D eigenvalue weighted by Crippen LogP contribution is 2.31. The first-order valence-corrected chi connectivity index (χ1v) is 7.99. The van der Waals surface area contributed by atoms with Crippen LogP contribution in [0.3, 0.4) is 0 Å². The minimum absolute atomic E-state index is 0.238. The van der Waals surface area contributed by atoms with E-state index in [1.165, 1.54) is 22.0 Å². The van der Waals surface area contributed by atoms with Crippen LogP contribution in [0, 0.1) is 0 Å². The lowest BCUT2D eigenvalue weighted by Crippen LogP contribution is -2.25. The van der Waals surface area contributed by atoms with Crippen molar-refractivity contribution in [3.63, 3.8) is 0 Å². The van der Waals surface area contributed by atoms with Gasteiger partial charge in [0.15, 0.2) is 0 Å². The molecule has 4 nitrogen and oxygen atoms in total. The van der Waals surface area contributed by atoms with Crippen LogP contribution >= 0.6 is 11.5 Å². The Kier molecular flexibility index (Phi) is 5.79. The van der Waals surface area contributed by atoms with Crippen LogP contribution in [-0.4, -0.2) is 22.7 Å². The van der Waals surface area contributed by atoms with Crippen molar-refractivity contribution in [3.05, 3.63) is 22.4 Å². The molecular formula is C14H23N3OS. The first-order chi connectivity index (χ1) is 9.36. The van der Waals surface area contributed by atoms with E-state index >= 15 is 0 Å². The Morgan fingerprint density at radius 3 is 3.00 bits per heavy atom. The van der Waals surface area contributed by atoms with Gasteiger partial charge in [0.05, 0.1) is 29.5 Å². The van der Waals surface area contributed by atoms with Crippen molar-refractivity contribution >= 4 is 11.5 Å². The first-order valence-electron chi connectivity index (χ1n) is 7.21. The summed E-state index contributed by atoms with van der Waals surface area (Å²) in [5, 5.41) is 7.91. The number of nitrogens with zero attached hydrogens (tertiary/aromatic N) is 2. The predicted octanol–water partition coefficient (Wildman–Crippen LogP) is 3.23. The fourth-order valence-corrected chi connectivity index (χ4v) is 3.14. The maximum atomic E-state index is 5.50. The third kappa shape index (κ3) is 3.76. The van der Waals surface area contributed by atoms with E-state index in [1.807, 2.05) is 6.26 Å². The first kappa shape index (κ1) is 14.5. The highest BCUT2D eigenvalue weighted by molar-refractivity contribution is 7.05. The van der Waals surface area contributed by atoms with Gasteiger partial charge in [-0.25, -0.2) is 0 Å². The molecular weight excluding hydrogens is 258 g/mol. The quantitative estimate of drug-likeness (QED) is 0.833. The van der Waals surface area contributed by atoms with E-state index in [2.05, 4.69) is 28.8 Å². The topological polar surface area (TPSA) is 47.0 Å². The van der Waals surface area contributed by atoms with Crippen LogP contribution in [0.1, 0.15) is 56.1 Å². The molecule has 1 aromatic rings. The zero-order valence-corrected chi connectivity index (χ0v) is 12.6. The minimum atomic E-state index is 0.238. The number of rotatable bonds is 7. The van der Waals surface area contributed by atoms with Gasteiger partial charge in [0, 0.05) is 0 Å². The van der Waals surface area contributed by atoms with Crippen LogP contribution in [0.5, 0.6) is 0 Å². The molecule has 1 aromatic heterocycles. The van der Waals surface area contributed by atoms with Gasteiger partial charge in [0.2, 0.25) is 0 Å². The van der Waals surface area contributed by atoms with Gasteiger partial charge in [-0.1, -0.05) is 24.8 Å². The maximum Gasteiger partial charge on any atom is 0.0876 e. The highest BCUT2D eigenvalue weighted by atomic mass is 32.1. The molecule has 0 spiro atoms. The molecule has 1 aliphatic heterocycles. The van der Waals surface area contributed by atoms with Crippen molar-refractivity contribution in [1.29, 1.82) is 0 Å². The minimum Gasteiger partial charge on any atom is -0.501 e. The summed E-state index contributed by atoms with van der Waals surface area (Å²) < 4.78 is 9.65. The van der Waals surface area contributed by atoms with E-state index in [4.69, 9.17) is 4.74 Å². The number of hydrogen-bond donors (Lipinski definition) is 1. The second kappa shape index (κ2) is 7.60. The Morgan fingerprint density at radius 2 is 2.32 bits per heavy atom. The summed E-state index contributed by atoms with van der Waals surface area (Å²) in [6.07, 6.45) is 7.38. The van der Waals surface area contributed by atoms with E-state index in [0.717, 1.165) is 50.9 Å². The van der Waals surface area contributed by atoms with Crippen LogP contribution in [0.15, 0.2) is 11.8 Å². The van der Waals surface area contributed by atoms with Crippen molar-refractivity contribution in [2.45, 2.75) is 52.0 Å². The highest BCUT2D eigenvalue weighted by Gasteiger charge is 2.23. The van der Waals surface area contributed by atoms with Gasteiger partial charge in [-0.05, 0) is 49.3 Å². The normalized spacial score (nSPS) is 16.8. The summed E-state index contributed by atoms with van der Waals surface area (Å²) in [7, 11) is 0. The number of nitrogens with one attached hydrogen (secondary N) is 1. The number of hydrogen-bond acceptors (Lipinski definition) is 5. The third-order valence-corrected chi connectivity index (χ3v) is 4.10. The van der Waals surface area contributed by atoms with Gasteiger partial charge in [-0.3, -0.25) is 0 Å². The van der Waals surface area contributed by atoms with E-state index < -0.39 is 0 Å². The molecule has 0 aliphatic carbocycles. The molecule has 5 heteroatoms. The molecule has 0 saturated heterocycles. The molecule has 0 fully saturated rings. The monoisotopic (exact) mass is 281 g/mol. The largest absolute Gasteiger partial charge is 0.501 e. The molecule has 0 radical (unpaired) electrons. The Balaban J connectivity index is 2.20. The van der Waals surface area contributed by atoms with Crippen molar-refractivity contribution in [2.75, 3.05) is 13.2 Å². The summed E-state index contributed by atoms with van der Waals surface area (Å²) in [6, 6.07) is 0.238. The van der Waals surface area contributed by atoms with E-state index in [-0.39, 0.29) is 6.04 Å². The average molecular weight is 281 g/mol. The zero-order chi connectivity index (χ0) is 13.5. The van der Waals surface area contributed by atoms with Gasteiger partial charge >= 0.3 is 0 Å². The summed E-state index contributed by atoms with van der Waals surface area (Å²) in [5.74, 6) is 0. The van der Waals surface area contributed by atoms with Gasteiger partial charge < -0.3 is 10.1 Å². The molecule has 2 heterocycles. The number of aromatic nitrogens is 2. The number of aryl methyl sites for hydroxylation is 1. The molecule has 1 atom stereocenters. The Bertz CT molecular complexity index is 417. The van der Waals surface area contributed by atoms with E-state index in [1.54, 1.807) is 0 Å². The summed E-state index contributed by atoms with van der Waals surface area (Å²) in [5.41, 5.74) is 2.48. The second-order valence-corrected chi connectivity index (χ2v) is 5.67. The molecule has 1 unspecified atom stereocenters. The fourth-order valence-electron chi connectivity index (χ4n) is 2.32. The molecule has 19 heavy (non-hydrogen) atoms. The molecule has 0 saturated carbocycles. The molecule has 1 aliphatic rings. The van der Waals surface area contributed by atoms with Crippen molar-refractivity contribution in [2.24, 2.45) is 0 Å². The second-order valence-electron chi connectivity index (χ2n) is 4.89.